The lowest BCUT2D eigenvalue weighted by molar-refractivity contribution is 0.0196. The Morgan fingerprint density at radius 3 is 3.04 bits per heavy atom. The molecule has 1 unspecified atom stereocenters. The number of imidazole rings is 1. The molecule has 1 aliphatic heterocycles. The zero-order valence-corrected chi connectivity index (χ0v) is 14.8. The van der Waals surface area contributed by atoms with E-state index >= 15 is 0 Å². The maximum Gasteiger partial charge on any atom is 0.410 e. The van der Waals surface area contributed by atoms with Crippen LogP contribution in [-0.4, -0.2) is 49.6 Å². The lowest BCUT2D eigenvalue weighted by atomic mass is 9.98. The molecule has 7 nitrogen and oxygen atoms in total. The minimum atomic E-state index is -0.477. The first-order valence-electron chi connectivity index (χ1n) is 8.70. The lowest BCUT2D eigenvalue weighted by Crippen LogP contribution is -2.42. The van der Waals surface area contributed by atoms with Gasteiger partial charge in [-0.05, 0) is 39.7 Å². The van der Waals surface area contributed by atoms with Gasteiger partial charge in [0.15, 0.2) is 0 Å². The molecule has 3 aromatic heterocycles. The third-order valence-corrected chi connectivity index (χ3v) is 4.51. The number of nitrogens with zero attached hydrogens (tertiary/aromatic N) is 3. The Morgan fingerprint density at radius 2 is 2.24 bits per heavy atom. The second kappa shape index (κ2) is 5.75. The maximum absolute atomic E-state index is 12.4. The number of H-pyrrole nitrogens is 2. The molecule has 1 fully saturated rings. The van der Waals surface area contributed by atoms with E-state index in [4.69, 9.17) is 9.72 Å². The molecule has 0 saturated carbocycles. The fraction of sp³-hybridized carbons (Fsp3) is 0.500. The van der Waals surface area contributed by atoms with Crippen LogP contribution in [0.25, 0.3) is 22.1 Å². The summed E-state index contributed by atoms with van der Waals surface area (Å²) in [6.45, 7) is 7.02. The number of amides is 1. The Morgan fingerprint density at radius 1 is 1.40 bits per heavy atom. The third kappa shape index (κ3) is 3.06. The van der Waals surface area contributed by atoms with Crippen LogP contribution in [-0.2, 0) is 4.74 Å². The SMILES string of the molecule is CC(C)(C)OC(=O)N1CCCC(c2nc3c(cnc4[nH]ccc43)[nH]2)C1. The minimum absolute atomic E-state index is 0.183. The first-order valence-corrected chi connectivity index (χ1v) is 8.70. The highest BCUT2D eigenvalue weighted by Crippen LogP contribution is 2.29. The van der Waals surface area contributed by atoms with Crippen molar-refractivity contribution < 1.29 is 9.53 Å². The van der Waals surface area contributed by atoms with Gasteiger partial charge in [0.05, 0.1) is 11.7 Å². The minimum Gasteiger partial charge on any atom is -0.444 e. The number of hydrogen-bond acceptors (Lipinski definition) is 4. The van der Waals surface area contributed by atoms with E-state index in [0.29, 0.717) is 6.54 Å². The molecule has 2 N–H and O–H groups in total. The van der Waals surface area contributed by atoms with E-state index in [1.54, 1.807) is 11.1 Å². The van der Waals surface area contributed by atoms with E-state index in [2.05, 4.69) is 15.0 Å². The molecule has 1 amide bonds. The number of pyridine rings is 1. The number of fused-ring (bicyclic) bond motifs is 3. The predicted molar refractivity (Wildman–Crippen MR) is 95.5 cm³/mol. The summed E-state index contributed by atoms with van der Waals surface area (Å²) in [6.07, 6.45) is 5.37. The molecule has 7 heteroatoms. The van der Waals surface area contributed by atoms with E-state index in [-0.39, 0.29) is 12.0 Å². The summed E-state index contributed by atoms with van der Waals surface area (Å²) in [7, 11) is 0. The largest absolute Gasteiger partial charge is 0.444 e. The van der Waals surface area contributed by atoms with Crippen molar-refractivity contribution in [1.82, 2.24) is 24.8 Å². The number of ether oxygens (including phenoxy) is 1. The summed E-state index contributed by atoms with van der Waals surface area (Å²) in [4.78, 5) is 29.9. The van der Waals surface area contributed by atoms with Gasteiger partial charge in [-0.1, -0.05) is 0 Å². The number of likely N-dealkylation sites (tertiary alicyclic amines) is 1. The van der Waals surface area contributed by atoms with Crippen LogP contribution in [0.5, 0.6) is 0 Å². The molecule has 1 aliphatic rings. The quantitative estimate of drug-likeness (QED) is 0.708. The zero-order chi connectivity index (χ0) is 17.6. The van der Waals surface area contributed by atoms with Crippen molar-refractivity contribution in [3.63, 3.8) is 0 Å². The number of carbonyl (C=O) groups is 1. The Balaban J connectivity index is 1.59. The number of rotatable bonds is 1. The van der Waals surface area contributed by atoms with Crippen molar-refractivity contribution in [1.29, 1.82) is 0 Å². The van der Waals surface area contributed by atoms with Gasteiger partial charge in [-0.25, -0.2) is 14.8 Å². The maximum atomic E-state index is 12.4. The average molecular weight is 341 g/mol. The monoisotopic (exact) mass is 341 g/mol. The summed E-state index contributed by atoms with van der Waals surface area (Å²) in [5, 5.41) is 1.01. The second-order valence-electron chi connectivity index (χ2n) is 7.65. The van der Waals surface area contributed by atoms with Crippen LogP contribution < -0.4 is 0 Å². The van der Waals surface area contributed by atoms with Gasteiger partial charge in [-0.3, -0.25) is 0 Å². The summed E-state index contributed by atoms with van der Waals surface area (Å²) >= 11 is 0. The molecule has 3 aromatic rings. The smallest absolute Gasteiger partial charge is 0.410 e. The molecule has 0 radical (unpaired) electrons. The van der Waals surface area contributed by atoms with Crippen LogP contribution in [0.1, 0.15) is 45.4 Å². The van der Waals surface area contributed by atoms with Crippen LogP contribution in [0.4, 0.5) is 4.79 Å². The normalized spacial score (nSPS) is 18.8. The number of aromatic amines is 2. The van der Waals surface area contributed by atoms with Crippen LogP contribution in [0.3, 0.4) is 0 Å². The molecule has 1 saturated heterocycles. The standard InChI is InChI=1S/C18H23N5O2/c1-18(2,3)25-17(24)23-8-4-5-11(10-23)15-21-13-9-20-16-12(6-7-19-16)14(13)22-15/h6-7,9,11H,4-5,8,10H2,1-3H3,(H,19,20)(H,21,22). The van der Waals surface area contributed by atoms with Crippen molar-refractivity contribution in [2.24, 2.45) is 0 Å². The number of carbonyl (C=O) groups excluding carboxylic acids is 1. The van der Waals surface area contributed by atoms with E-state index in [0.717, 1.165) is 47.3 Å². The van der Waals surface area contributed by atoms with Gasteiger partial charge in [0.25, 0.3) is 0 Å². The summed E-state index contributed by atoms with van der Waals surface area (Å²) in [5.41, 5.74) is 2.21. The third-order valence-electron chi connectivity index (χ3n) is 4.51. The van der Waals surface area contributed by atoms with Crippen LogP contribution in [0.15, 0.2) is 18.5 Å². The molecule has 4 rings (SSSR count). The molecular weight excluding hydrogens is 318 g/mol. The predicted octanol–water partition coefficient (Wildman–Crippen LogP) is 3.55. The van der Waals surface area contributed by atoms with Crippen LogP contribution >= 0.6 is 0 Å². The molecule has 0 spiro atoms. The summed E-state index contributed by atoms with van der Waals surface area (Å²) in [6, 6.07) is 1.99. The Kier molecular flexibility index (Phi) is 3.67. The Hall–Kier alpha value is -2.57. The van der Waals surface area contributed by atoms with Gasteiger partial charge in [-0.2, -0.15) is 0 Å². The molecule has 4 heterocycles. The van der Waals surface area contributed by atoms with E-state index in [9.17, 15) is 4.79 Å². The molecule has 1 atom stereocenters. The van der Waals surface area contributed by atoms with Gasteiger partial charge in [0.1, 0.15) is 22.6 Å². The van der Waals surface area contributed by atoms with Crippen LogP contribution in [0, 0.1) is 0 Å². The van der Waals surface area contributed by atoms with Crippen LogP contribution in [0.2, 0.25) is 0 Å². The van der Waals surface area contributed by atoms with Crippen molar-refractivity contribution >= 4 is 28.2 Å². The van der Waals surface area contributed by atoms with E-state index in [1.807, 2.05) is 33.0 Å². The van der Waals surface area contributed by atoms with E-state index < -0.39 is 5.60 Å². The molecule has 132 valence electrons. The fourth-order valence-electron chi connectivity index (χ4n) is 3.38. The fourth-order valence-corrected chi connectivity index (χ4v) is 3.38. The molecule has 0 aromatic carbocycles. The van der Waals surface area contributed by atoms with Gasteiger partial charge in [0, 0.05) is 30.6 Å². The number of nitrogens with one attached hydrogen (secondary N) is 2. The van der Waals surface area contributed by atoms with Gasteiger partial charge < -0.3 is 19.6 Å². The van der Waals surface area contributed by atoms with Crippen molar-refractivity contribution in [3.05, 3.63) is 24.3 Å². The van der Waals surface area contributed by atoms with Gasteiger partial charge in [-0.15, -0.1) is 0 Å². The number of hydrogen-bond donors (Lipinski definition) is 2. The summed E-state index contributed by atoms with van der Waals surface area (Å²) < 4.78 is 5.51. The summed E-state index contributed by atoms with van der Waals surface area (Å²) in [5.74, 6) is 1.10. The van der Waals surface area contributed by atoms with Gasteiger partial charge >= 0.3 is 6.09 Å². The van der Waals surface area contributed by atoms with Crippen molar-refractivity contribution in [3.8, 4) is 0 Å². The second-order valence-corrected chi connectivity index (χ2v) is 7.65. The highest BCUT2D eigenvalue weighted by molar-refractivity contribution is 6.00. The molecule has 0 bridgehead atoms. The number of aromatic nitrogens is 4. The first-order chi connectivity index (χ1) is 11.9. The lowest BCUT2D eigenvalue weighted by Gasteiger charge is -2.33. The highest BCUT2D eigenvalue weighted by atomic mass is 16.6. The molecular formula is C18H23N5O2. The number of piperidine rings is 1. The average Bonchev–Trinajstić information content (AvgIpc) is 3.19. The Bertz CT molecular complexity index is 920. The van der Waals surface area contributed by atoms with E-state index in [1.165, 1.54) is 0 Å². The topological polar surface area (TPSA) is 86.9 Å². The highest BCUT2D eigenvalue weighted by Gasteiger charge is 2.30. The first kappa shape index (κ1) is 15.9. The Labute approximate surface area is 145 Å². The zero-order valence-electron chi connectivity index (χ0n) is 14.8. The molecule has 0 aliphatic carbocycles. The van der Waals surface area contributed by atoms with Crippen molar-refractivity contribution in [2.45, 2.75) is 45.1 Å². The van der Waals surface area contributed by atoms with Gasteiger partial charge in [0.2, 0.25) is 0 Å². The molecule has 25 heavy (non-hydrogen) atoms. The van der Waals surface area contributed by atoms with Crippen molar-refractivity contribution in [2.75, 3.05) is 13.1 Å².